The minimum atomic E-state index is -1.23. The molecule has 9 nitrogen and oxygen atoms in total. The number of halogens is 1. The summed E-state index contributed by atoms with van der Waals surface area (Å²) in [5.41, 5.74) is 0.490. The van der Waals surface area contributed by atoms with Gasteiger partial charge in [0, 0.05) is 31.0 Å². The predicted octanol–water partition coefficient (Wildman–Crippen LogP) is 2.99. The van der Waals surface area contributed by atoms with Gasteiger partial charge in [0.2, 0.25) is 5.91 Å². The molecule has 4 rings (SSSR count). The van der Waals surface area contributed by atoms with Crippen LogP contribution in [0.4, 0.5) is 14.9 Å². The maximum Gasteiger partial charge on any atom is 0.410 e. The lowest BCUT2D eigenvalue weighted by atomic mass is 9.93. The van der Waals surface area contributed by atoms with Gasteiger partial charge in [0.05, 0.1) is 36.2 Å². The molecule has 2 aliphatic heterocycles. The van der Waals surface area contributed by atoms with E-state index in [0.29, 0.717) is 24.5 Å². The summed E-state index contributed by atoms with van der Waals surface area (Å²) in [6.07, 6.45) is 1.11. The third-order valence-corrected chi connectivity index (χ3v) is 5.61. The van der Waals surface area contributed by atoms with E-state index in [1.807, 2.05) is 0 Å². The van der Waals surface area contributed by atoms with Crippen LogP contribution in [0.1, 0.15) is 54.7 Å². The fourth-order valence-corrected chi connectivity index (χ4v) is 4.21. The highest BCUT2D eigenvalue weighted by atomic mass is 19.1. The monoisotopic (exact) mass is 444 g/mol. The summed E-state index contributed by atoms with van der Waals surface area (Å²) in [5.74, 6) is -2.73. The first-order valence-corrected chi connectivity index (χ1v) is 10.4. The van der Waals surface area contributed by atoms with Crippen LogP contribution in [-0.4, -0.2) is 56.4 Å². The molecule has 1 N–H and O–H groups in total. The number of benzene rings is 1. The number of fused-ring (bicyclic) bond motifs is 1. The van der Waals surface area contributed by atoms with E-state index in [2.05, 4.69) is 5.10 Å². The maximum atomic E-state index is 14.5. The molecule has 0 aliphatic carbocycles. The van der Waals surface area contributed by atoms with Crippen LogP contribution in [0.25, 0.3) is 0 Å². The molecule has 1 fully saturated rings. The van der Waals surface area contributed by atoms with Crippen LogP contribution in [0.3, 0.4) is 0 Å². The van der Waals surface area contributed by atoms with Crippen molar-refractivity contribution in [2.45, 2.75) is 51.8 Å². The SMILES string of the molecule is CC(C)(C)OC(=O)N1CCn2ncc(N3CC(c4c(F)cccc4C(=O)O)CC3=O)c2C1. The van der Waals surface area contributed by atoms with Gasteiger partial charge in [-0.25, -0.2) is 14.0 Å². The topological polar surface area (TPSA) is 105 Å². The molecule has 2 aliphatic rings. The van der Waals surface area contributed by atoms with Crippen LogP contribution >= 0.6 is 0 Å². The van der Waals surface area contributed by atoms with E-state index in [1.54, 1.807) is 36.5 Å². The van der Waals surface area contributed by atoms with Crippen molar-refractivity contribution in [2.75, 3.05) is 18.0 Å². The lowest BCUT2D eigenvalue weighted by molar-refractivity contribution is -0.117. The third-order valence-electron chi connectivity index (χ3n) is 5.61. The van der Waals surface area contributed by atoms with E-state index in [9.17, 15) is 23.9 Å². The van der Waals surface area contributed by atoms with E-state index >= 15 is 0 Å². The van der Waals surface area contributed by atoms with Crippen LogP contribution in [0, 0.1) is 5.82 Å². The standard InChI is InChI=1S/C22H25FN4O5/c1-22(2,3)32-21(31)25-7-8-27-17(12-25)16(10-24-27)26-11-13(9-18(26)28)19-14(20(29)30)5-4-6-15(19)23/h4-6,10,13H,7-9,11-12H2,1-3H3,(H,29,30). The molecule has 3 heterocycles. The molecule has 0 spiro atoms. The Kier molecular flexibility index (Phi) is 5.39. The van der Waals surface area contributed by atoms with Crippen LogP contribution in [0.15, 0.2) is 24.4 Å². The van der Waals surface area contributed by atoms with E-state index in [0.717, 1.165) is 0 Å². The van der Waals surface area contributed by atoms with Crippen molar-refractivity contribution in [1.82, 2.24) is 14.7 Å². The molecule has 0 radical (unpaired) electrons. The molecule has 0 bridgehead atoms. The van der Waals surface area contributed by atoms with Crippen LogP contribution in [-0.2, 0) is 22.6 Å². The number of aromatic nitrogens is 2. The molecule has 170 valence electrons. The number of carboxylic acid groups (broad SMARTS) is 1. The van der Waals surface area contributed by atoms with Crippen molar-refractivity contribution < 1.29 is 28.6 Å². The lowest BCUT2D eigenvalue weighted by Gasteiger charge is -2.31. The number of nitrogens with zero attached hydrogens (tertiary/aromatic N) is 4. The zero-order valence-electron chi connectivity index (χ0n) is 18.2. The first kappa shape index (κ1) is 21.8. The third kappa shape index (κ3) is 4.04. The van der Waals surface area contributed by atoms with Crippen LogP contribution in [0.5, 0.6) is 0 Å². The average Bonchev–Trinajstić information content (AvgIpc) is 3.28. The summed E-state index contributed by atoms with van der Waals surface area (Å²) in [5, 5.41) is 13.8. The summed E-state index contributed by atoms with van der Waals surface area (Å²) in [6, 6.07) is 3.89. The lowest BCUT2D eigenvalue weighted by Crippen LogP contribution is -2.42. The van der Waals surface area contributed by atoms with Crippen molar-refractivity contribution in [3.05, 3.63) is 47.0 Å². The Hall–Kier alpha value is -3.43. The van der Waals surface area contributed by atoms with E-state index in [-0.39, 0.29) is 36.5 Å². The molecule has 1 aromatic heterocycles. The minimum absolute atomic E-state index is 0.0123. The highest BCUT2D eigenvalue weighted by Gasteiger charge is 2.38. The number of hydrogen-bond acceptors (Lipinski definition) is 5. The van der Waals surface area contributed by atoms with Crippen molar-refractivity contribution in [3.63, 3.8) is 0 Å². The van der Waals surface area contributed by atoms with Gasteiger partial charge < -0.3 is 19.6 Å². The van der Waals surface area contributed by atoms with Crippen molar-refractivity contribution >= 4 is 23.7 Å². The Balaban J connectivity index is 1.59. The van der Waals surface area contributed by atoms with Crippen LogP contribution in [0.2, 0.25) is 0 Å². The first-order valence-electron chi connectivity index (χ1n) is 10.4. The minimum Gasteiger partial charge on any atom is -0.478 e. The second-order valence-corrected chi connectivity index (χ2v) is 9.01. The second kappa shape index (κ2) is 7.92. The first-order chi connectivity index (χ1) is 15.0. The summed E-state index contributed by atoms with van der Waals surface area (Å²) in [4.78, 5) is 40.0. The van der Waals surface area contributed by atoms with Gasteiger partial charge in [0.25, 0.3) is 0 Å². The van der Waals surface area contributed by atoms with Crippen LogP contribution < -0.4 is 4.90 Å². The smallest absolute Gasteiger partial charge is 0.410 e. The average molecular weight is 444 g/mol. The fraction of sp³-hybridized carbons (Fsp3) is 0.455. The van der Waals surface area contributed by atoms with E-state index in [1.165, 1.54) is 23.1 Å². The summed E-state index contributed by atoms with van der Waals surface area (Å²) < 4.78 is 21.7. The van der Waals surface area contributed by atoms with Gasteiger partial charge in [-0.15, -0.1) is 0 Å². The Morgan fingerprint density at radius 2 is 2.00 bits per heavy atom. The number of carbonyl (C=O) groups excluding carboxylic acids is 2. The molecular formula is C22H25FN4O5. The van der Waals surface area contributed by atoms with E-state index < -0.39 is 29.4 Å². The van der Waals surface area contributed by atoms with Gasteiger partial charge in [-0.05, 0) is 32.9 Å². The normalized spacial score (nSPS) is 18.6. The van der Waals surface area contributed by atoms with Crippen molar-refractivity contribution in [1.29, 1.82) is 0 Å². The number of aromatic carboxylic acids is 1. The summed E-state index contributed by atoms with van der Waals surface area (Å²) >= 11 is 0. The largest absolute Gasteiger partial charge is 0.478 e. The molecule has 1 atom stereocenters. The van der Waals surface area contributed by atoms with Gasteiger partial charge in [0.1, 0.15) is 11.4 Å². The molecule has 1 saturated heterocycles. The fourth-order valence-electron chi connectivity index (χ4n) is 4.21. The number of carbonyl (C=O) groups is 3. The second-order valence-electron chi connectivity index (χ2n) is 9.01. The highest BCUT2D eigenvalue weighted by Crippen LogP contribution is 2.37. The van der Waals surface area contributed by atoms with Gasteiger partial charge in [-0.2, -0.15) is 5.10 Å². The maximum absolute atomic E-state index is 14.5. The molecular weight excluding hydrogens is 419 g/mol. The van der Waals surface area contributed by atoms with Crippen molar-refractivity contribution in [3.8, 4) is 0 Å². The molecule has 1 unspecified atom stereocenters. The quantitative estimate of drug-likeness (QED) is 0.780. The number of rotatable bonds is 3. The molecule has 32 heavy (non-hydrogen) atoms. The van der Waals surface area contributed by atoms with E-state index in [4.69, 9.17) is 4.74 Å². The Labute approximate surface area is 184 Å². The molecule has 2 amide bonds. The highest BCUT2D eigenvalue weighted by molar-refractivity contribution is 5.98. The molecule has 0 saturated carbocycles. The molecule has 10 heteroatoms. The zero-order valence-corrected chi connectivity index (χ0v) is 18.2. The van der Waals surface area contributed by atoms with Crippen molar-refractivity contribution in [2.24, 2.45) is 0 Å². The summed E-state index contributed by atoms with van der Waals surface area (Å²) in [7, 11) is 0. The van der Waals surface area contributed by atoms with Gasteiger partial charge in [0.15, 0.2) is 0 Å². The Morgan fingerprint density at radius 3 is 2.69 bits per heavy atom. The molecule has 2 aromatic rings. The van der Waals surface area contributed by atoms with Gasteiger partial charge in [-0.3, -0.25) is 9.48 Å². The zero-order chi connectivity index (χ0) is 23.2. The number of ether oxygens (including phenoxy) is 1. The van der Waals surface area contributed by atoms with Gasteiger partial charge in [-0.1, -0.05) is 6.07 Å². The Morgan fingerprint density at radius 1 is 1.25 bits per heavy atom. The number of anilines is 1. The Bertz CT molecular complexity index is 1090. The number of carboxylic acids is 1. The number of hydrogen-bond donors (Lipinski definition) is 1. The summed E-state index contributed by atoms with van der Waals surface area (Å²) in [6.45, 7) is 6.61. The molecule has 1 aromatic carbocycles. The van der Waals surface area contributed by atoms with Gasteiger partial charge >= 0.3 is 12.1 Å². The number of amides is 2. The predicted molar refractivity (Wildman–Crippen MR) is 112 cm³/mol.